The monoisotopic (exact) mass is 297 g/mol. The van der Waals surface area contributed by atoms with Crippen LogP contribution in [0, 0.1) is 5.92 Å². The summed E-state index contributed by atoms with van der Waals surface area (Å²) in [4.78, 5) is 0. The highest BCUT2D eigenvalue weighted by atomic mass is 79.9. The summed E-state index contributed by atoms with van der Waals surface area (Å²) in [6.45, 7) is 3.31. The van der Waals surface area contributed by atoms with Crippen molar-refractivity contribution < 1.29 is 5.11 Å². The van der Waals surface area contributed by atoms with Gasteiger partial charge in [-0.25, -0.2) is 0 Å². The van der Waals surface area contributed by atoms with E-state index >= 15 is 0 Å². The molecule has 0 bridgehead atoms. The Kier molecular flexibility index (Phi) is 4.23. The topological polar surface area (TPSA) is 32.3 Å². The van der Waals surface area contributed by atoms with Crippen molar-refractivity contribution >= 4 is 15.9 Å². The molecule has 1 aliphatic carbocycles. The molecular weight excluding hydrogens is 278 g/mol. The zero-order chi connectivity index (χ0) is 12.3. The normalized spacial score (nSPS) is 19.0. The van der Waals surface area contributed by atoms with E-state index < -0.39 is 0 Å². The number of nitrogens with one attached hydrogen (secondary N) is 1. The van der Waals surface area contributed by atoms with E-state index in [1.165, 1.54) is 18.4 Å². The van der Waals surface area contributed by atoms with E-state index in [1.807, 2.05) is 12.1 Å². The highest BCUT2D eigenvalue weighted by Gasteiger charge is 2.28. The summed E-state index contributed by atoms with van der Waals surface area (Å²) in [6, 6.07) is 8.32. The maximum Gasteiger partial charge on any atom is 0.0613 e. The molecule has 0 saturated heterocycles. The predicted octanol–water partition coefficient (Wildman–Crippen LogP) is 2.74. The molecule has 0 amide bonds. The molecule has 2 nitrogen and oxygen atoms in total. The number of aliphatic hydroxyl groups excluding tert-OH is 1. The lowest BCUT2D eigenvalue weighted by atomic mass is 9.93. The Morgan fingerprint density at radius 3 is 2.53 bits per heavy atom. The van der Waals surface area contributed by atoms with E-state index in [0.717, 1.165) is 23.4 Å². The first-order valence-corrected chi connectivity index (χ1v) is 7.01. The molecule has 1 fully saturated rings. The fourth-order valence-electron chi connectivity index (χ4n) is 1.94. The van der Waals surface area contributed by atoms with E-state index in [9.17, 15) is 5.11 Å². The highest BCUT2D eigenvalue weighted by molar-refractivity contribution is 9.10. The third-order valence-corrected chi connectivity index (χ3v) is 3.90. The van der Waals surface area contributed by atoms with Crippen molar-refractivity contribution in [3.63, 3.8) is 0 Å². The number of hydrogen-bond acceptors (Lipinski definition) is 2. The van der Waals surface area contributed by atoms with Crippen LogP contribution in [-0.4, -0.2) is 23.8 Å². The van der Waals surface area contributed by atoms with Gasteiger partial charge in [-0.3, -0.25) is 0 Å². The second-order valence-electron chi connectivity index (χ2n) is 5.35. The van der Waals surface area contributed by atoms with Crippen LogP contribution in [0.1, 0.15) is 25.3 Å². The van der Waals surface area contributed by atoms with E-state index in [4.69, 9.17) is 0 Å². The van der Waals surface area contributed by atoms with Crippen molar-refractivity contribution in [1.82, 2.24) is 5.32 Å². The highest BCUT2D eigenvalue weighted by Crippen LogP contribution is 2.28. The molecule has 1 aromatic carbocycles. The molecule has 2 rings (SSSR count). The summed E-state index contributed by atoms with van der Waals surface area (Å²) in [6.07, 6.45) is 3.54. The zero-order valence-corrected chi connectivity index (χ0v) is 11.8. The van der Waals surface area contributed by atoms with Gasteiger partial charge in [-0.2, -0.15) is 0 Å². The van der Waals surface area contributed by atoms with Gasteiger partial charge in [0.25, 0.3) is 0 Å². The van der Waals surface area contributed by atoms with Crippen molar-refractivity contribution in [2.45, 2.75) is 31.7 Å². The third-order valence-electron chi connectivity index (χ3n) is 3.37. The Morgan fingerprint density at radius 2 is 2.00 bits per heavy atom. The molecule has 1 saturated carbocycles. The van der Waals surface area contributed by atoms with Crippen molar-refractivity contribution in [2.24, 2.45) is 5.92 Å². The maximum atomic E-state index is 9.56. The first-order valence-electron chi connectivity index (χ1n) is 6.22. The van der Waals surface area contributed by atoms with Gasteiger partial charge in [-0.1, -0.05) is 28.1 Å². The minimum atomic E-state index is -0.198. The third kappa shape index (κ3) is 4.09. The van der Waals surface area contributed by atoms with Gasteiger partial charge in [-0.15, -0.1) is 0 Å². The van der Waals surface area contributed by atoms with Crippen LogP contribution in [0.25, 0.3) is 0 Å². The SMILES string of the molecule is CC(CO)(Cc1ccc(Br)cc1)NCC1CC1. The molecule has 0 aromatic heterocycles. The molecule has 0 radical (unpaired) electrons. The molecule has 2 N–H and O–H groups in total. The average molecular weight is 298 g/mol. The lowest BCUT2D eigenvalue weighted by Crippen LogP contribution is -2.48. The zero-order valence-electron chi connectivity index (χ0n) is 10.2. The quantitative estimate of drug-likeness (QED) is 0.846. The van der Waals surface area contributed by atoms with Gasteiger partial charge >= 0.3 is 0 Å². The second kappa shape index (κ2) is 5.51. The molecule has 3 heteroatoms. The predicted molar refractivity (Wildman–Crippen MR) is 74.1 cm³/mol. The number of hydrogen-bond donors (Lipinski definition) is 2. The number of aliphatic hydroxyl groups is 1. The average Bonchev–Trinajstić information content (AvgIpc) is 3.14. The van der Waals surface area contributed by atoms with Gasteiger partial charge in [-0.05, 0) is 56.3 Å². The van der Waals surface area contributed by atoms with Crippen LogP contribution >= 0.6 is 15.9 Å². The molecule has 94 valence electrons. The number of halogens is 1. The lowest BCUT2D eigenvalue weighted by molar-refractivity contribution is 0.172. The minimum Gasteiger partial charge on any atom is -0.394 e. The minimum absolute atomic E-state index is 0.176. The summed E-state index contributed by atoms with van der Waals surface area (Å²) in [5, 5.41) is 13.1. The molecule has 1 atom stereocenters. The first-order chi connectivity index (χ1) is 8.11. The van der Waals surface area contributed by atoms with E-state index in [2.05, 4.69) is 40.3 Å². The summed E-state index contributed by atoms with van der Waals surface area (Å²) in [5.41, 5.74) is 1.06. The van der Waals surface area contributed by atoms with Gasteiger partial charge in [0.2, 0.25) is 0 Å². The molecule has 1 aliphatic rings. The largest absolute Gasteiger partial charge is 0.394 e. The fourth-order valence-corrected chi connectivity index (χ4v) is 2.20. The molecule has 1 unspecified atom stereocenters. The van der Waals surface area contributed by atoms with Crippen molar-refractivity contribution in [3.05, 3.63) is 34.3 Å². The van der Waals surface area contributed by atoms with Gasteiger partial charge in [0.1, 0.15) is 0 Å². The summed E-state index contributed by atoms with van der Waals surface area (Å²) >= 11 is 3.44. The Morgan fingerprint density at radius 1 is 1.35 bits per heavy atom. The molecule has 0 heterocycles. The van der Waals surface area contributed by atoms with Crippen LogP contribution in [0.4, 0.5) is 0 Å². The lowest BCUT2D eigenvalue weighted by Gasteiger charge is -2.29. The van der Waals surface area contributed by atoms with Crippen LogP contribution in [0.5, 0.6) is 0 Å². The molecule has 1 aromatic rings. The summed E-state index contributed by atoms with van der Waals surface area (Å²) < 4.78 is 1.10. The molecule has 0 spiro atoms. The maximum absolute atomic E-state index is 9.56. The second-order valence-corrected chi connectivity index (χ2v) is 6.26. The van der Waals surface area contributed by atoms with Gasteiger partial charge in [0.05, 0.1) is 6.61 Å². The summed E-state index contributed by atoms with van der Waals surface area (Å²) in [5.74, 6) is 0.839. The van der Waals surface area contributed by atoms with Crippen molar-refractivity contribution in [2.75, 3.05) is 13.2 Å². The Bertz CT molecular complexity index is 361. The standard InChI is InChI=1S/C14H20BrNO/c1-14(10-17,16-9-12-2-3-12)8-11-4-6-13(15)7-5-11/h4-7,12,16-17H,2-3,8-10H2,1H3. The molecule has 0 aliphatic heterocycles. The fraction of sp³-hybridized carbons (Fsp3) is 0.571. The number of rotatable bonds is 6. The van der Waals surface area contributed by atoms with E-state index in [1.54, 1.807) is 0 Å². The van der Waals surface area contributed by atoms with Crippen LogP contribution in [0.3, 0.4) is 0 Å². The number of benzene rings is 1. The van der Waals surface area contributed by atoms with Crippen LogP contribution < -0.4 is 5.32 Å². The van der Waals surface area contributed by atoms with Crippen LogP contribution in [-0.2, 0) is 6.42 Å². The van der Waals surface area contributed by atoms with Crippen LogP contribution in [0.2, 0.25) is 0 Å². The molecular formula is C14H20BrNO. The Labute approximate surface area is 112 Å². The van der Waals surface area contributed by atoms with Crippen LogP contribution in [0.15, 0.2) is 28.7 Å². The summed E-state index contributed by atoms with van der Waals surface area (Å²) in [7, 11) is 0. The first kappa shape index (κ1) is 13.1. The molecule has 17 heavy (non-hydrogen) atoms. The van der Waals surface area contributed by atoms with Crippen molar-refractivity contribution in [1.29, 1.82) is 0 Å². The van der Waals surface area contributed by atoms with Crippen molar-refractivity contribution in [3.8, 4) is 0 Å². The Balaban J connectivity index is 1.94. The van der Waals surface area contributed by atoms with Gasteiger partial charge in [0.15, 0.2) is 0 Å². The Hall–Kier alpha value is -0.380. The van der Waals surface area contributed by atoms with E-state index in [0.29, 0.717) is 0 Å². The van der Waals surface area contributed by atoms with E-state index in [-0.39, 0.29) is 12.1 Å². The van der Waals surface area contributed by atoms with Gasteiger partial charge < -0.3 is 10.4 Å². The smallest absolute Gasteiger partial charge is 0.0613 e. The van der Waals surface area contributed by atoms with Gasteiger partial charge in [0, 0.05) is 10.0 Å².